The van der Waals surface area contributed by atoms with Gasteiger partial charge in [0, 0.05) is 5.02 Å². The third-order valence-corrected chi connectivity index (χ3v) is 4.73. The van der Waals surface area contributed by atoms with Crippen molar-refractivity contribution in [2.75, 3.05) is 0 Å². The second kappa shape index (κ2) is 4.53. The van der Waals surface area contributed by atoms with Crippen LogP contribution in [0.1, 0.15) is 48.8 Å². The SMILES string of the molecule is O=C=NC1(c2cc(Cl)c3c(c2)CCCC3)CCC1. The average Bonchev–Trinajstić information content (AvgIpc) is 2.34. The maximum atomic E-state index is 10.6. The highest BCUT2D eigenvalue weighted by molar-refractivity contribution is 6.31. The largest absolute Gasteiger partial charge is 0.235 e. The Hall–Kier alpha value is -1.11. The van der Waals surface area contributed by atoms with E-state index >= 15 is 0 Å². The molecule has 0 saturated heterocycles. The van der Waals surface area contributed by atoms with E-state index in [1.54, 1.807) is 6.08 Å². The van der Waals surface area contributed by atoms with E-state index in [1.165, 1.54) is 24.0 Å². The van der Waals surface area contributed by atoms with Crippen LogP contribution in [0.2, 0.25) is 5.02 Å². The number of rotatable bonds is 2. The number of halogens is 1. The minimum atomic E-state index is -0.322. The fourth-order valence-electron chi connectivity index (χ4n) is 3.15. The highest BCUT2D eigenvalue weighted by Gasteiger charge is 2.39. The van der Waals surface area contributed by atoms with Gasteiger partial charge in [-0.25, -0.2) is 4.79 Å². The number of hydrogen-bond donors (Lipinski definition) is 0. The smallest absolute Gasteiger partial charge is 0.211 e. The van der Waals surface area contributed by atoms with E-state index in [-0.39, 0.29) is 5.54 Å². The predicted octanol–water partition coefficient (Wildman–Crippen LogP) is 3.93. The van der Waals surface area contributed by atoms with Crippen LogP contribution in [0.4, 0.5) is 0 Å². The Labute approximate surface area is 112 Å². The zero-order valence-electron chi connectivity index (χ0n) is 10.3. The molecule has 0 bridgehead atoms. The van der Waals surface area contributed by atoms with Crippen molar-refractivity contribution in [3.05, 3.63) is 33.8 Å². The zero-order valence-corrected chi connectivity index (χ0v) is 11.1. The molecule has 1 aromatic carbocycles. The number of hydrogen-bond acceptors (Lipinski definition) is 2. The first kappa shape index (κ1) is 12.0. The lowest BCUT2D eigenvalue weighted by Gasteiger charge is -2.38. The Bertz CT molecular complexity index is 528. The molecule has 0 aliphatic heterocycles. The van der Waals surface area contributed by atoms with Crippen molar-refractivity contribution in [3.8, 4) is 0 Å². The summed E-state index contributed by atoms with van der Waals surface area (Å²) in [6.45, 7) is 0. The first-order valence-electron chi connectivity index (χ1n) is 6.66. The molecule has 94 valence electrons. The topological polar surface area (TPSA) is 29.4 Å². The number of nitrogens with zero attached hydrogens (tertiary/aromatic N) is 1. The minimum Gasteiger partial charge on any atom is -0.211 e. The van der Waals surface area contributed by atoms with E-state index in [0.29, 0.717) is 0 Å². The van der Waals surface area contributed by atoms with Crippen LogP contribution in [0.25, 0.3) is 0 Å². The van der Waals surface area contributed by atoms with E-state index in [4.69, 9.17) is 11.6 Å². The lowest BCUT2D eigenvalue weighted by Crippen LogP contribution is -2.32. The Morgan fingerprint density at radius 1 is 1.17 bits per heavy atom. The summed E-state index contributed by atoms with van der Waals surface area (Å²) in [7, 11) is 0. The molecule has 3 heteroatoms. The predicted molar refractivity (Wildman–Crippen MR) is 71.7 cm³/mol. The normalized spacial score (nSPS) is 20.5. The van der Waals surface area contributed by atoms with Crippen molar-refractivity contribution in [2.45, 2.75) is 50.5 Å². The Morgan fingerprint density at radius 3 is 2.61 bits per heavy atom. The summed E-state index contributed by atoms with van der Waals surface area (Å²) in [4.78, 5) is 14.7. The standard InChI is InChI=1S/C15H16ClNO/c16-14-9-12(15(17-10-18)6-3-7-15)8-11-4-1-2-5-13(11)14/h8-9H,1-7H2. The van der Waals surface area contributed by atoms with Crippen LogP contribution in [0, 0.1) is 0 Å². The van der Waals surface area contributed by atoms with Gasteiger partial charge in [-0.3, -0.25) is 0 Å². The van der Waals surface area contributed by atoms with E-state index in [0.717, 1.165) is 42.7 Å². The minimum absolute atomic E-state index is 0.322. The van der Waals surface area contributed by atoms with Crippen molar-refractivity contribution in [3.63, 3.8) is 0 Å². The summed E-state index contributed by atoms with van der Waals surface area (Å²) in [5.41, 5.74) is 3.45. The first-order chi connectivity index (χ1) is 8.75. The molecular formula is C15H16ClNO. The van der Waals surface area contributed by atoms with Crippen LogP contribution in [-0.2, 0) is 23.2 Å². The monoisotopic (exact) mass is 261 g/mol. The third kappa shape index (κ3) is 1.81. The number of aliphatic imine (C=N–C) groups is 1. The van der Waals surface area contributed by atoms with Crippen LogP contribution >= 0.6 is 11.6 Å². The molecule has 0 atom stereocenters. The van der Waals surface area contributed by atoms with Crippen molar-refractivity contribution in [1.29, 1.82) is 0 Å². The lowest BCUT2D eigenvalue weighted by atomic mass is 9.71. The summed E-state index contributed by atoms with van der Waals surface area (Å²) in [5.74, 6) is 0. The highest BCUT2D eigenvalue weighted by Crippen LogP contribution is 2.46. The van der Waals surface area contributed by atoms with Gasteiger partial charge in [-0.05, 0) is 67.7 Å². The summed E-state index contributed by atoms with van der Waals surface area (Å²) in [5, 5.41) is 0.856. The van der Waals surface area contributed by atoms with Gasteiger partial charge >= 0.3 is 0 Å². The van der Waals surface area contributed by atoms with Gasteiger partial charge in [0.2, 0.25) is 6.08 Å². The molecule has 1 aromatic rings. The van der Waals surface area contributed by atoms with Gasteiger partial charge < -0.3 is 0 Å². The van der Waals surface area contributed by atoms with E-state index in [1.807, 2.05) is 6.07 Å². The Kier molecular flexibility index (Phi) is 3.01. The Morgan fingerprint density at radius 2 is 1.94 bits per heavy atom. The fourth-order valence-corrected chi connectivity index (χ4v) is 3.48. The van der Waals surface area contributed by atoms with Crippen LogP contribution < -0.4 is 0 Å². The molecular weight excluding hydrogens is 246 g/mol. The number of carbonyl (C=O) groups excluding carboxylic acids is 1. The van der Waals surface area contributed by atoms with Crippen molar-refractivity contribution >= 4 is 17.7 Å². The molecule has 1 saturated carbocycles. The summed E-state index contributed by atoms with van der Waals surface area (Å²) < 4.78 is 0. The van der Waals surface area contributed by atoms with E-state index in [2.05, 4.69) is 11.1 Å². The van der Waals surface area contributed by atoms with Gasteiger partial charge in [0.05, 0.1) is 5.54 Å². The van der Waals surface area contributed by atoms with Gasteiger partial charge in [0.25, 0.3) is 0 Å². The van der Waals surface area contributed by atoms with Gasteiger partial charge in [0.15, 0.2) is 0 Å². The van der Waals surface area contributed by atoms with Crippen LogP contribution in [-0.4, -0.2) is 6.08 Å². The van der Waals surface area contributed by atoms with E-state index in [9.17, 15) is 4.79 Å². The van der Waals surface area contributed by atoms with Gasteiger partial charge in [0.1, 0.15) is 0 Å². The van der Waals surface area contributed by atoms with Crippen LogP contribution in [0.3, 0.4) is 0 Å². The van der Waals surface area contributed by atoms with Gasteiger partial charge in [-0.15, -0.1) is 0 Å². The molecule has 2 aliphatic carbocycles. The number of isocyanates is 1. The molecule has 2 nitrogen and oxygen atoms in total. The second-order valence-corrected chi connectivity index (χ2v) is 5.80. The zero-order chi connectivity index (χ0) is 12.6. The molecule has 18 heavy (non-hydrogen) atoms. The number of aryl methyl sites for hydroxylation is 1. The lowest BCUT2D eigenvalue weighted by molar-refractivity contribution is 0.255. The maximum absolute atomic E-state index is 10.6. The second-order valence-electron chi connectivity index (χ2n) is 5.39. The molecule has 0 amide bonds. The van der Waals surface area contributed by atoms with Crippen LogP contribution in [0.15, 0.2) is 17.1 Å². The molecule has 0 unspecified atom stereocenters. The first-order valence-corrected chi connectivity index (χ1v) is 7.04. The molecule has 0 heterocycles. The molecule has 2 aliphatic rings. The quantitative estimate of drug-likeness (QED) is 0.586. The number of fused-ring (bicyclic) bond motifs is 1. The Balaban J connectivity index is 2.07. The van der Waals surface area contributed by atoms with Crippen molar-refractivity contribution < 1.29 is 4.79 Å². The van der Waals surface area contributed by atoms with Crippen LogP contribution in [0.5, 0.6) is 0 Å². The maximum Gasteiger partial charge on any atom is 0.235 e. The molecule has 0 aromatic heterocycles. The summed E-state index contributed by atoms with van der Waals surface area (Å²) in [6.07, 6.45) is 9.39. The highest BCUT2D eigenvalue weighted by atomic mass is 35.5. The van der Waals surface area contributed by atoms with Crippen molar-refractivity contribution in [2.24, 2.45) is 4.99 Å². The average molecular weight is 262 g/mol. The van der Waals surface area contributed by atoms with E-state index < -0.39 is 0 Å². The van der Waals surface area contributed by atoms with Gasteiger partial charge in [-0.1, -0.05) is 17.7 Å². The van der Waals surface area contributed by atoms with Crippen molar-refractivity contribution in [1.82, 2.24) is 0 Å². The summed E-state index contributed by atoms with van der Waals surface area (Å²) in [6, 6.07) is 4.24. The van der Waals surface area contributed by atoms with Gasteiger partial charge in [-0.2, -0.15) is 4.99 Å². The molecule has 0 radical (unpaired) electrons. The molecule has 0 N–H and O–H groups in total. The molecule has 0 spiro atoms. The third-order valence-electron chi connectivity index (χ3n) is 4.39. The fraction of sp³-hybridized carbons (Fsp3) is 0.533. The molecule has 3 rings (SSSR count). The number of benzene rings is 1. The molecule has 1 fully saturated rings. The summed E-state index contributed by atoms with van der Waals surface area (Å²) >= 11 is 6.39.